The fourth-order valence-electron chi connectivity index (χ4n) is 2.09. The topological polar surface area (TPSA) is 82.1 Å². The molecule has 0 radical (unpaired) electrons. The van der Waals surface area contributed by atoms with Gasteiger partial charge in [-0.05, 0) is 17.7 Å². The van der Waals surface area contributed by atoms with Crippen molar-refractivity contribution in [1.82, 2.24) is 0 Å². The first kappa shape index (κ1) is 13.2. The summed E-state index contributed by atoms with van der Waals surface area (Å²) in [6.07, 6.45) is -0.497. The Hall–Kier alpha value is -2.24. The molecule has 1 aliphatic rings. The van der Waals surface area contributed by atoms with Gasteiger partial charge < -0.3 is 19.3 Å². The third-order valence-corrected chi connectivity index (χ3v) is 2.95. The second-order valence-corrected chi connectivity index (χ2v) is 4.19. The van der Waals surface area contributed by atoms with Gasteiger partial charge in [-0.25, -0.2) is 4.79 Å². The minimum absolute atomic E-state index is 0.209. The molecule has 0 bridgehead atoms. The number of esters is 1. The Morgan fingerprint density at radius 1 is 1.37 bits per heavy atom. The molecule has 1 aromatic rings. The lowest BCUT2D eigenvalue weighted by Gasteiger charge is -2.24. The molecule has 0 saturated heterocycles. The number of hydrogen-bond acceptors (Lipinski definition) is 5. The highest BCUT2D eigenvalue weighted by Crippen LogP contribution is 2.34. The highest BCUT2D eigenvalue weighted by atomic mass is 16.5. The van der Waals surface area contributed by atoms with Crippen molar-refractivity contribution in [3.05, 3.63) is 23.3 Å². The van der Waals surface area contributed by atoms with Crippen LogP contribution in [0.25, 0.3) is 0 Å². The monoisotopic (exact) mass is 266 g/mol. The largest absolute Gasteiger partial charge is 0.493 e. The smallest absolute Gasteiger partial charge is 0.338 e. The van der Waals surface area contributed by atoms with Gasteiger partial charge in [0.2, 0.25) is 0 Å². The number of ether oxygens (including phenoxy) is 3. The van der Waals surface area contributed by atoms with E-state index in [1.807, 2.05) is 0 Å². The second kappa shape index (κ2) is 5.17. The van der Waals surface area contributed by atoms with Crippen LogP contribution in [-0.4, -0.2) is 37.4 Å². The van der Waals surface area contributed by atoms with Crippen LogP contribution >= 0.6 is 0 Å². The minimum Gasteiger partial charge on any atom is -0.493 e. The van der Waals surface area contributed by atoms with Gasteiger partial charge in [-0.15, -0.1) is 0 Å². The molecular formula is C13H14O6. The molecule has 0 spiro atoms. The number of hydrogen-bond donors (Lipinski definition) is 1. The summed E-state index contributed by atoms with van der Waals surface area (Å²) in [5.41, 5.74) is 1.10. The summed E-state index contributed by atoms with van der Waals surface area (Å²) in [6, 6.07) is 3.23. The van der Waals surface area contributed by atoms with Gasteiger partial charge in [-0.3, -0.25) is 4.79 Å². The average molecular weight is 266 g/mol. The molecule has 6 nitrogen and oxygen atoms in total. The molecule has 0 fully saturated rings. The van der Waals surface area contributed by atoms with Gasteiger partial charge >= 0.3 is 11.9 Å². The third-order valence-electron chi connectivity index (χ3n) is 2.95. The van der Waals surface area contributed by atoms with Gasteiger partial charge in [-0.1, -0.05) is 0 Å². The summed E-state index contributed by atoms with van der Waals surface area (Å²) in [5, 5.41) is 8.75. The maximum Gasteiger partial charge on any atom is 0.338 e. The normalized spacial score (nSPS) is 17.4. The van der Waals surface area contributed by atoms with Crippen molar-refractivity contribution in [2.75, 3.05) is 14.2 Å². The average Bonchev–Trinajstić information content (AvgIpc) is 2.36. The van der Waals surface area contributed by atoms with Crippen LogP contribution in [-0.2, 0) is 16.0 Å². The summed E-state index contributed by atoms with van der Waals surface area (Å²) in [4.78, 5) is 22.5. The van der Waals surface area contributed by atoms with Gasteiger partial charge in [0.15, 0.2) is 11.5 Å². The summed E-state index contributed by atoms with van der Waals surface area (Å²) in [5.74, 6) is -0.588. The van der Waals surface area contributed by atoms with Gasteiger partial charge in [0.1, 0.15) is 6.10 Å². The van der Waals surface area contributed by atoms with Crippen molar-refractivity contribution in [2.24, 2.45) is 0 Å². The van der Waals surface area contributed by atoms with Crippen LogP contribution in [0.2, 0.25) is 0 Å². The van der Waals surface area contributed by atoms with Crippen molar-refractivity contribution in [3.8, 4) is 11.5 Å². The van der Waals surface area contributed by atoms with Gasteiger partial charge in [-0.2, -0.15) is 0 Å². The molecule has 0 saturated carbocycles. The highest BCUT2D eigenvalue weighted by molar-refractivity contribution is 5.93. The summed E-state index contributed by atoms with van der Waals surface area (Å²) < 4.78 is 15.4. The van der Waals surface area contributed by atoms with E-state index >= 15 is 0 Å². The number of rotatable bonds is 4. The minimum atomic E-state index is -0.998. The van der Waals surface area contributed by atoms with E-state index in [4.69, 9.17) is 19.3 Å². The van der Waals surface area contributed by atoms with Crippen LogP contribution in [0.4, 0.5) is 0 Å². The number of fused-ring (bicyclic) bond motifs is 1. The SMILES string of the molecule is COc1cc2c(cc1OC)C(=O)OC(CC(=O)O)C2. The molecule has 6 heteroatoms. The van der Waals surface area contributed by atoms with Crippen molar-refractivity contribution in [1.29, 1.82) is 0 Å². The molecule has 0 amide bonds. The standard InChI is InChI=1S/C13H14O6/c1-17-10-4-7-3-8(5-12(14)15)19-13(16)9(7)6-11(10)18-2/h4,6,8H,3,5H2,1-2H3,(H,14,15). The first-order valence-corrected chi connectivity index (χ1v) is 5.72. The molecular weight excluding hydrogens is 252 g/mol. The van der Waals surface area contributed by atoms with E-state index in [9.17, 15) is 9.59 Å². The number of cyclic esters (lactones) is 1. The first-order chi connectivity index (χ1) is 9.05. The Kier molecular flexibility index (Phi) is 3.59. The molecule has 2 rings (SSSR count). The second-order valence-electron chi connectivity index (χ2n) is 4.19. The van der Waals surface area contributed by atoms with E-state index in [2.05, 4.69) is 0 Å². The fraction of sp³-hybridized carbons (Fsp3) is 0.385. The molecule has 1 heterocycles. The predicted molar refractivity (Wildman–Crippen MR) is 64.7 cm³/mol. The lowest BCUT2D eigenvalue weighted by Crippen LogP contribution is -2.29. The zero-order valence-corrected chi connectivity index (χ0v) is 10.6. The molecule has 0 aromatic heterocycles. The Morgan fingerprint density at radius 3 is 2.58 bits per heavy atom. The Morgan fingerprint density at radius 2 is 2.00 bits per heavy atom. The molecule has 1 aromatic carbocycles. The maximum atomic E-state index is 11.8. The van der Waals surface area contributed by atoms with Gasteiger partial charge in [0, 0.05) is 6.42 Å². The number of carbonyl (C=O) groups is 2. The lowest BCUT2D eigenvalue weighted by atomic mass is 9.96. The molecule has 1 atom stereocenters. The Bertz CT molecular complexity index is 522. The summed E-state index contributed by atoms with van der Waals surface area (Å²) in [6.45, 7) is 0. The number of methoxy groups -OCH3 is 2. The van der Waals surface area contributed by atoms with Crippen molar-refractivity contribution in [2.45, 2.75) is 18.9 Å². The highest BCUT2D eigenvalue weighted by Gasteiger charge is 2.29. The Labute approximate surface area is 109 Å². The molecule has 1 unspecified atom stereocenters. The lowest BCUT2D eigenvalue weighted by molar-refractivity contribution is -0.139. The van der Waals surface area contributed by atoms with Crippen LogP contribution in [0.15, 0.2) is 12.1 Å². The van der Waals surface area contributed by atoms with E-state index in [1.165, 1.54) is 14.2 Å². The number of carbonyl (C=O) groups excluding carboxylic acids is 1. The van der Waals surface area contributed by atoms with Gasteiger partial charge in [0.25, 0.3) is 0 Å². The summed E-state index contributed by atoms with van der Waals surface area (Å²) in [7, 11) is 2.98. The maximum absolute atomic E-state index is 11.8. The molecule has 19 heavy (non-hydrogen) atoms. The molecule has 0 aliphatic carbocycles. The van der Waals surface area contributed by atoms with Crippen molar-refractivity contribution < 1.29 is 28.9 Å². The predicted octanol–water partition coefficient (Wildman–Crippen LogP) is 1.26. The van der Waals surface area contributed by atoms with Crippen LogP contribution in [0.1, 0.15) is 22.3 Å². The quantitative estimate of drug-likeness (QED) is 0.826. The Balaban J connectivity index is 2.36. The van der Waals surface area contributed by atoms with E-state index in [0.29, 0.717) is 29.0 Å². The van der Waals surface area contributed by atoms with Crippen LogP contribution in [0.5, 0.6) is 11.5 Å². The zero-order valence-electron chi connectivity index (χ0n) is 10.6. The van der Waals surface area contributed by atoms with Crippen LogP contribution < -0.4 is 9.47 Å². The molecule has 1 N–H and O–H groups in total. The number of aliphatic carboxylic acids is 1. The number of carboxylic acid groups (broad SMARTS) is 1. The summed E-state index contributed by atoms with van der Waals surface area (Å²) >= 11 is 0. The van der Waals surface area contributed by atoms with Crippen molar-refractivity contribution >= 4 is 11.9 Å². The number of benzene rings is 1. The zero-order chi connectivity index (χ0) is 14.0. The van der Waals surface area contributed by atoms with Gasteiger partial charge in [0.05, 0.1) is 26.2 Å². The molecule has 1 aliphatic heterocycles. The molecule has 102 valence electrons. The van der Waals surface area contributed by atoms with E-state index in [1.54, 1.807) is 12.1 Å². The van der Waals surface area contributed by atoms with E-state index < -0.39 is 18.0 Å². The number of carboxylic acids is 1. The fourth-order valence-corrected chi connectivity index (χ4v) is 2.09. The van der Waals surface area contributed by atoms with E-state index in [0.717, 1.165) is 0 Å². The van der Waals surface area contributed by atoms with Crippen LogP contribution in [0.3, 0.4) is 0 Å². The first-order valence-electron chi connectivity index (χ1n) is 5.72. The van der Waals surface area contributed by atoms with Crippen molar-refractivity contribution in [3.63, 3.8) is 0 Å². The van der Waals surface area contributed by atoms with Crippen LogP contribution in [0, 0.1) is 0 Å². The van der Waals surface area contributed by atoms with E-state index in [-0.39, 0.29) is 6.42 Å². The third kappa shape index (κ3) is 2.62.